The Balaban J connectivity index is 0.983. The van der Waals surface area contributed by atoms with Crippen molar-refractivity contribution in [3.05, 3.63) is 59.7 Å². The highest BCUT2D eigenvalue weighted by Gasteiger charge is 2.63. The van der Waals surface area contributed by atoms with Crippen LogP contribution in [0.3, 0.4) is 0 Å². The van der Waals surface area contributed by atoms with Crippen molar-refractivity contribution < 1.29 is 47.7 Å². The van der Waals surface area contributed by atoms with Gasteiger partial charge in [-0.1, -0.05) is 55.5 Å². The van der Waals surface area contributed by atoms with Gasteiger partial charge in [-0.15, -0.1) is 0 Å². The third kappa shape index (κ3) is 7.94. The molecule has 0 bridgehead atoms. The van der Waals surface area contributed by atoms with Gasteiger partial charge in [-0.05, 0) is 89.7 Å². The number of amides is 2. The molecule has 2 saturated heterocycles. The molecule has 0 N–H and O–H groups in total. The zero-order valence-electron chi connectivity index (χ0n) is 30.2. The van der Waals surface area contributed by atoms with E-state index >= 15 is 0 Å². The average molecular weight is 703 g/mol. The molecule has 2 amide bonds. The molecule has 51 heavy (non-hydrogen) atoms. The molecule has 2 saturated carbocycles. The molecule has 4 aliphatic rings. The largest absolute Gasteiger partial charge is 0.456 e. The Morgan fingerprint density at radius 2 is 1.06 bits per heavy atom. The van der Waals surface area contributed by atoms with Crippen LogP contribution in [0, 0.1) is 17.8 Å². The van der Waals surface area contributed by atoms with E-state index in [0.717, 1.165) is 17.5 Å². The number of hydrogen-bond acceptors (Lipinski definition) is 10. The van der Waals surface area contributed by atoms with Gasteiger partial charge >= 0.3 is 24.1 Å². The number of Topliss-reactive ketones (excluding diaryl/α,β-unsaturated/α-hetero) is 2. The molecule has 272 valence electrons. The summed E-state index contributed by atoms with van der Waals surface area (Å²) in [5.41, 5.74) is 0.909. The fraction of sp³-hybridized carbons (Fsp3) is 0.538. The van der Waals surface area contributed by atoms with Crippen LogP contribution in [0.1, 0.15) is 88.4 Å². The Labute approximate surface area is 297 Å². The molecule has 0 aromatic heterocycles. The normalized spacial score (nSPS) is 26.1. The van der Waals surface area contributed by atoms with Crippen molar-refractivity contribution in [2.75, 3.05) is 13.2 Å². The first-order chi connectivity index (χ1) is 23.9. The predicted molar refractivity (Wildman–Crippen MR) is 184 cm³/mol. The highest BCUT2D eigenvalue weighted by Crippen LogP contribution is 2.53. The molecule has 0 spiro atoms. The van der Waals surface area contributed by atoms with Crippen molar-refractivity contribution in [3.8, 4) is 11.1 Å². The van der Waals surface area contributed by atoms with E-state index in [2.05, 4.69) is 0 Å². The zero-order chi connectivity index (χ0) is 37.0. The lowest BCUT2D eigenvalue weighted by Crippen LogP contribution is -2.47. The first kappa shape index (κ1) is 36.1. The van der Waals surface area contributed by atoms with Gasteiger partial charge in [0, 0.05) is 23.2 Å². The van der Waals surface area contributed by atoms with Gasteiger partial charge in [-0.2, -0.15) is 0 Å². The van der Waals surface area contributed by atoms with Crippen molar-refractivity contribution >= 4 is 35.7 Å². The van der Waals surface area contributed by atoms with E-state index in [4.69, 9.17) is 18.9 Å². The number of esters is 2. The minimum Gasteiger partial charge on any atom is -0.456 e. The molecule has 12 nitrogen and oxygen atoms in total. The summed E-state index contributed by atoms with van der Waals surface area (Å²) >= 11 is 0. The molecule has 2 aromatic rings. The molecule has 2 aliphatic heterocycles. The van der Waals surface area contributed by atoms with E-state index < -0.39 is 60.6 Å². The molecule has 2 heterocycles. The molecule has 12 heteroatoms. The van der Waals surface area contributed by atoms with E-state index in [1.165, 1.54) is 9.80 Å². The van der Waals surface area contributed by atoms with Crippen molar-refractivity contribution in [1.82, 2.24) is 9.80 Å². The van der Waals surface area contributed by atoms with Crippen LogP contribution in [0.5, 0.6) is 0 Å². The highest BCUT2D eigenvalue weighted by atomic mass is 16.6. The van der Waals surface area contributed by atoms with Gasteiger partial charge in [0.1, 0.15) is 23.3 Å². The Morgan fingerprint density at radius 1 is 0.627 bits per heavy atom. The van der Waals surface area contributed by atoms with Gasteiger partial charge < -0.3 is 18.9 Å². The maximum Gasteiger partial charge on any atom is 0.411 e. The first-order valence-electron chi connectivity index (χ1n) is 17.5. The smallest absolute Gasteiger partial charge is 0.411 e. The van der Waals surface area contributed by atoms with E-state index in [-0.39, 0.29) is 41.4 Å². The summed E-state index contributed by atoms with van der Waals surface area (Å²) in [4.78, 5) is 80.2. The molecule has 2 aliphatic carbocycles. The van der Waals surface area contributed by atoms with Crippen molar-refractivity contribution in [2.24, 2.45) is 17.8 Å². The van der Waals surface area contributed by atoms with Crippen LogP contribution in [0.2, 0.25) is 0 Å². The summed E-state index contributed by atoms with van der Waals surface area (Å²) in [6, 6.07) is 11.9. The first-order valence-corrected chi connectivity index (χ1v) is 17.5. The van der Waals surface area contributed by atoms with Crippen molar-refractivity contribution in [2.45, 2.75) is 103 Å². The number of carbonyl (C=O) groups excluding carboxylic acids is 6. The summed E-state index contributed by atoms with van der Waals surface area (Å²) in [6.07, 6.45) is 0.721. The molecule has 1 unspecified atom stereocenters. The number of benzene rings is 2. The molecule has 2 aromatic carbocycles. The number of nitrogens with zero attached hydrogens (tertiary/aromatic N) is 2. The quantitative estimate of drug-likeness (QED) is 0.177. The molecule has 4 fully saturated rings. The second kappa shape index (κ2) is 13.4. The summed E-state index contributed by atoms with van der Waals surface area (Å²) in [5.74, 6) is -1.24. The number of ketones is 2. The zero-order valence-corrected chi connectivity index (χ0v) is 30.2. The van der Waals surface area contributed by atoms with Crippen LogP contribution >= 0.6 is 0 Å². The second-order valence-electron chi connectivity index (χ2n) is 16.1. The Hall–Kier alpha value is -4.74. The lowest BCUT2D eigenvalue weighted by atomic mass is 10.0. The Kier molecular flexibility index (Phi) is 9.49. The van der Waals surface area contributed by atoms with Gasteiger partial charge in [0.25, 0.3) is 0 Å². The number of likely N-dealkylation sites (tertiary alicyclic amines) is 2. The number of rotatable bonds is 9. The van der Waals surface area contributed by atoms with E-state index in [1.54, 1.807) is 90.1 Å². The third-order valence-electron chi connectivity index (χ3n) is 9.96. The van der Waals surface area contributed by atoms with Gasteiger partial charge in [0.15, 0.2) is 24.8 Å². The Bertz CT molecular complexity index is 1720. The van der Waals surface area contributed by atoms with Crippen LogP contribution in [0.4, 0.5) is 9.59 Å². The lowest BCUT2D eigenvalue weighted by Gasteiger charge is -2.30. The monoisotopic (exact) mass is 702 g/mol. The van der Waals surface area contributed by atoms with Crippen LogP contribution in [0.25, 0.3) is 11.1 Å². The van der Waals surface area contributed by atoms with Gasteiger partial charge in [-0.25, -0.2) is 19.2 Å². The van der Waals surface area contributed by atoms with E-state index in [1.807, 2.05) is 6.92 Å². The molecular formula is C39H46N2O10. The van der Waals surface area contributed by atoms with Gasteiger partial charge in [0.2, 0.25) is 0 Å². The number of carbonyl (C=O) groups is 6. The lowest BCUT2D eigenvalue weighted by molar-refractivity contribution is -0.149. The topological polar surface area (TPSA) is 146 Å². The van der Waals surface area contributed by atoms with Crippen LogP contribution in [-0.4, -0.2) is 94.1 Å². The summed E-state index contributed by atoms with van der Waals surface area (Å²) in [6.45, 7) is 11.8. The number of ether oxygens (including phenoxy) is 4. The fourth-order valence-electron chi connectivity index (χ4n) is 7.26. The summed E-state index contributed by atoms with van der Waals surface area (Å²) in [5, 5.41) is 0. The third-order valence-corrected chi connectivity index (χ3v) is 9.96. The minimum atomic E-state index is -0.782. The predicted octanol–water partition coefficient (Wildman–Crippen LogP) is 5.85. The van der Waals surface area contributed by atoms with Gasteiger partial charge in [0.05, 0.1) is 0 Å². The minimum absolute atomic E-state index is 0.0276. The molecular weight excluding hydrogens is 656 g/mol. The summed E-state index contributed by atoms with van der Waals surface area (Å²) < 4.78 is 21.8. The van der Waals surface area contributed by atoms with Crippen LogP contribution < -0.4 is 0 Å². The SMILES string of the molecule is C[C@@H]1[C@@H]2C[C@@H](C(=O)OCC(=O)c3ccc(-c4ccc(C(=O)COC(=O)[C@@H]5CC6C[C@H]6N5C(=O)OC(C)(C)C)cc4)cc3)N(C(=O)OC(C)(C)C)[C@H]12. The molecule has 7 atom stereocenters. The number of fused-ring (bicyclic) bond motifs is 2. The molecule has 6 rings (SSSR count). The number of piperidine rings is 2. The maximum atomic E-state index is 13.0. The van der Waals surface area contributed by atoms with E-state index in [0.29, 0.717) is 24.0 Å². The second-order valence-corrected chi connectivity index (χ2v) is 16.1. The average Bonchev–Trinajstić information content (AvgIpc) is 3.83. The number of hydrogen-bond donors (Lipinski definition) is 0. The van der Waals surface area contributed by atoms with Crippen molar-refractivity contribution in [3.63, 3.8) is 0 Å². The van der Waals surface area contributed by atoms with Crippen LogP contribution in [0.15, 0.2) is 48.5 Å². The maximum absolute atomic E-state index is 13.0. The van der Waals surface area contributed by atoms with Crippen LogP contribution in [-0.2, 0) is 28.5 Å². The van der Waals surface area contributed by atoms with E-state index in [9.17, 15) is 28.8 Å². The standard InChI is InChI=1S/C39H46N2O10/c1-21-27-18-30(41(33(21)27)37(47)51-39(5,6)7)35(45)49-20-32(43)25-14-10-23(11-15-25)22-8-12-24(13-9-22)31(42)19-48-34(44)29-17-26-16-28(26)40(29)36(46)50-38(2,3)4/h8-15,21,26-30,33H,16-20H2,1-7H3/t21-,26?,27+,28-,29+,30+,33-/m1/s1. The fourth-order valence-corrected chi connectivity index (χ4v) is 7.26. The summed E-state index contributed by atoms with van der Waals surface area (Å²) in [7, 11) is 0. The molecule has 0 radical (unpaired) electrons. The van der Waals surface area contributed by atoms with Gasteiger partial charge in [-0.3, -0.25) is 19.4 Å². The van der Waals surface area contributed by atoms with Crippen molar-refractivity contribution in [1.29, 1.82) is 0 Å². The Morgan fingerprint density at radius 3 is 1.51 bits per heavy atom. The highest BCUT2D eigenvalue weighted by molar-refractivity contribution is 6.00.